The molecule has 2 heterocycles. The van der Waals surface area contributed by atoms with Gasteiger partial charge in [-0.2, -0.15) is 0 Å². The molecule has 2 aliphatic heterocycles. The van der Waals surface area contributed by atoms with Crippen molar-refractivity contribution in [1.29, 1.82) is 0 Å². The molecule has 7 nitrogen and oxygen atoms in total. The van der Waals surface area contributed by atoms with Crippen LogP contribution in [0.15, 0.2) is 18.2 Å². The first kappa shape index (κ1) is 21.9. The number of nitrogens with one attached hydrogen (secondary N) is 1. The molecule has 0 bridgehead atoms. The molecule has 29 heavy (non-hydrogen) atoms. The molecule has 1 atom stereocenters. The van der Waals surface area contributed by atoms with Crippen molar-refractivity contribution < 1.29 is 19.0 Å². The highest BCUT2D eigenvalue weighted by Gasteiger charge is 2.32. The van der Waals surface area contributed by atoms with Gasteiger partial charge in [-0.3, -0.25) is 14.6 Å². The van der Waals surface area contributed by atoms with E-state index in [9.17, 15) is 4.79 Å². The number of amides is 1. The summed E-state index contributed by atoms with van der Waals surface area (Å²) in [5.41, 5.74) is 1.04. The van der Waals surface area contributed by atoms with Crippen LogP contribution in [0.2, 0.25) is 0 Å². The van der Waals surface area contributed by atoms with Crippen LogP contribution in [0.3, 0.4) is 0 Å². The van der Waals surface area contributed by atoms with Crippen LogP contribution in [-0.4, -0.2) is 81.4 Å². The number of rotatable bonds is 8. The molecule has 1 aromatic rings. The summed E-state index contributed by atoms with van der Waals surface area (Å²) >= 11 is 0. The maximum atomic E-state index is 12.7. The fourth-order valence-corrected chi connectivity index (χ4v) is 4.30. The van der Waals surface area contributed by atoms with E-state index in [1.165, 1.54) is 0 Å². The van der Waals surface area contributed by atoms with Crippen molar-refractivity contribution in [3.05, 3.63) is 23.8 Å². The molecule has 1 unspecified atom stereocenters. The second-order valence-corrected chi connectivity index (χ2v) is 8.42. The zero-order chi connectivity index (χ0) is 20.9. The Kier molecular flexibility index (Phi) is 7.38. The number of ether oxygens (including phenoxy) is 3. The number of nitrogens with zero attached hydrogens (tertiary/aromatic N) is 2. The van der Waals surface area contributed by atoms with Crippen molar-refractivity contribution in [3.63, 3.8) is 0 Å². The molecule has 0 saturated carbocycles. The highest BCUT2D eigenvalue weighted by molar-refractivity contribution is 5.78. The Morgan fingerprint density at radius 2 is 1.97 bits per heavy atom. The van der Waals surface area contributed by atoms with E-state index >= 15 is 0 Å². The van der Waals surface area contributed by atoms with Crippen LogP contribution in [0.5, 0.6) is 11.5 Å². The van der Waals surface area contributed by atoms with Gasteiger partial charge in [0.05, 0.1) is 34.0 Å². The van der Waals surface area contributed by atoms with Crippen molar-refractivity contribution in [2.45, 2.75) is 38.3 Å². The number of methoxy groups -OCH3 is 2. The summed E-state index contributed by atoms with van der Waals surface area (Å²) in [6.45, 7) is 9.66. The normalized spacial score (nSPS) is 21.2. The van der Waals surface area contributed by atoms with Gasteiger partial charge >= 0.3 is 0 Å². The summed E-state index contributed by atoms with van der Waals surface area (Å²) in [5.74, 6) is 1.67. The molecule has 3 rings (SSSR count). The van der Waals surface area contributed by atoms with Crippen molar-refractivity contribution in [3.8, 4) is 11.5 Å². The highest BCUT2D eigenvalue weighted by atomic mass is 16.5. The Balaban J connectivity index is 1.58. The number of hydrogen-bond acceptors (Lipinski definition) is 6. The van der Waals surface area contributed by atoms with Crippen LogP contribution in [0.25, 0.3) is 0 Å². The van der Waals surface area contributed by atoms with Gasteiger partial charge in [-0.25, -0.2) is 0 Å². The third kappa shape index (κ3) is 5.41. The van der Waals surface area contributed by atoms with Gasteiger partial charge in [-0.15, -0.1) is 0 Å². The summed E-state index contributed by atoms with van der Waals surface area (Å²) in [5, 5.41) is 3.15. The molecule has 0 radical (unpaired) electrons. The average Bonchev–Trinajstić information content (AvgIpc) is 3.20. The van der Waals surface area contributed by atoms with Gasteiger partial charge in [0.1, 0.15) is 11.5 Å². The SMILES string of the molecule is COc1ccc(C2CCCN2CC(=O)NCC(C)(C)N2CCOCC2)c(OC)c1. The fourth-order valence-electron chi connectivity index (χ4n) is 4.30. The molecule has 1 N–H and O–H groups in total. The standard InChI is InChI=1S/C22H35N3O4/c1-22(2,25-10-12-29-13-11-25)16-23-21(26)15-24-9-5-6-19(24)18-8-7-17(27-3)14-20(18)28-4/h7-8,14,19H,5-6,9-13,15-16H2,1-4H3,(H,23,26). The lowest BCUT2D eigenvalue weighted by molar-refractivity contribution is -0.123. The summed E-state index contributed by atoms with van der Waals surface area (Å²) in [4.78, 5) is 17.4. The van der Waals surface area contributed by atoms with Crippen molar-refractivity contribution in [2.24, 2.45) is 0 Å². The zero-order valence-electron chi connectivity index (χ0n) is 18.2. The van der Waals surface area contributed by atoms with Gasteiger partial charge < -0.3 is 19.5 Å². The fraction of sp³-hybridized carbons (Fsp3) is 0.682. The molecule has 1 amide bonds. The lowest BCUT2D eigenvalue weighted by Gasteiger charge is -2.41. The molecule has 2 fully saturated rings. The molecule has 0 aromatic heterocycles. The van der Waals surface area contributed by atoms with Gasteiger partial charge in [-0.1, -0.05) is 6.07 Å². The van der Waals surface area contributed by atoms with Crippen LogP contribution >= 0.6 is 0 Å². The summed E-state index contributed by atoms with van der Waals surface area (Å²) in [6, 6.07) is 6.12. The maximum absolute atomic E-state index is 12.7. The Morgan fingerprint density at radius 1 is 1.21 bits per heavy atom. The summed E-state index contributed by atoms with van der Waals surface area (Å²) < 4.78 is 16.3. The van der Waals surface area contributed by atoms with Gasteiger partial charge in [-0.05, 0) is 39.3 Å². The molecule has 0 spiro atoms. The van der Waals surface area contributed by atoms with E-state index in [2.05, 4.69) is 35.0 Å². The van der Waals surface area contributed by atoms with E-state index in [0.29, 0.717) is 13.1 Å². The zero-order valence-corrected chi connectivity index (χ0v) is 18.2. The first-order chi connectivity index (χ1) is 13.9. The van der Waals surface area contributed by atoms with E-state index in [1.807, 2.05) is 12.1 Å². The minimum Gasteiger partial charge on any atom is -0.497 e. The molecule has 2 saturated heterocycles. The van der Waals surface area contributed by atoms with E-state index < -0.39 is 0 Å². The first-order valence-electron chi connectivity index (χ1n) is 10.5. The number of benzene rings is 1. The quantitative estimate of drug-likeness (QED) is 0.714. The second-order valence-electron chi connectivity index (χ2n) is 8.42. The molecule has 0 aliphatic carbocycles. The Morgan fingerprint density at radius 3 is 2.66 bits per heavy atom. The van der Waals surface area contributed by atoms with Crippen molar-refractivity contribution >= 4 is 5.91 Å². The predicted octanol–water partition coefficient (Wildman–Crippen LogP) is 2.07. The monoisotopic (exact) mass is 405 g/mol. The van der Waals surface area contributed by atoms with E-state index in [4.69, 9.17) is 14.2 Å². The van der Waals surface area contributed by atoms with Crippen LogP contribution in [0.4, 0.5) is 0 Å². The number of carbonyl (C=O) groups is 1. The molecule has 7 heteroatoms. The smallest absolute Gasteiger partial charge is 0.234 e. The number of morpholine rings is 1. The molecular formula is C22H35N3O4. The van der Waals surface area contributed by atoms with Crippen LogP contribution in [0, 0.1) is 0 Å². The summed E-state index contributed by atoms with van der Waals surface area (Å²) in [6.07, 6.45) is 2.10. The van der Waals surface area contributed by atoms with Crippen molar-refractivity contribution in [1.82, 2.24) is 15.1 Å². The van der Waals surface area contributed by atoms with E-state index in [1.54, 1.807) is 14.2 Å². The Bertz CT molecular complexity index is 689. The maximum Gasteiger partial charge on any atom is 0.234 e. The third-order valence-corrected chi connectivity index (χ3v) is 6.10. The van der Waals surface area contributed by atoms with Gasteiger partial charge in [0, 0.05) is 42.8 Å². The topological polar surface area (TPSA) is 63.3 Å². The lowest BCUT2D eigenvalue weighted by atomic mass is 10.0. The number of carbonyl (C=O) groups excluding carboxylic acids is 1. The van der Waals surface area contributed by atoms with Gasteiger partial charge in [0.15, 0.2) is 0 Å². The Hall–Kier alpha value is -1.83. The largest absolute Gasteiger partial charge is 0.497 e. The average molecular weight is 406 g/mol. The second kappa shape index (κ2) is 9.78. The number of hydrogen-bond donors (Lipinski definition) is 1. The first-order valence-corrected chi connectivity index (χ1v) is 10.5. The minimum atomic E-state index is -0.0803. The molecule has 2 aliphatic rings. The van der Waals surface area contributed by atoms with Gasteiger partial charge in [0.2, 0.25) is 5.91 Å². The van der Waals surface area contributed by atoms with Crippen molar-refractivity contribution in [2.75, 3.05) is 60.2 Å². The minimum absolute atomic E-state index is 0.0747. The summed E-state index contributed by atoms with van der Waals surface area (Å²) in [7, 11) is 3.33. The Labute approximate surface area is 174 Å². The van der Waals surface area contributed by atoms with Crippen LogP contribution < -0.4 is 14.8 Å². The highest BCUT2D eigenvalue weighted by Crippen LogP contribution is 2.38. The third-order valence-electron chi connectivity index (χ3n) is 6.10. The molecular weight excluding hydrogens is 370 g/mol. The predicted molar refractivity (Wildman–Crippen MR) is 113 cm³/mol. The van der Waals surface area contributed by atoms with E-state index in [0.717, 1.165) is 62.8 Å². The van der Waals surface area contributed by atoms with Crippen LogP contribution in [0.1, 0.15) is 38.3 Å². The van der Waals surface area contributed by atoms with Crippen LogP contribution in [-0.2, 0) is 9.53 Å². The van der Waals surface area contributed by atoms with E-state index in [-0.39, 0.29) is 17.5 Å². The molecule has 1 aromatic carbocycles. The molecule has 162 valence electrons. The number of likely N-dealkylation sites (tertiary alicyclic amines) is 1. The van der Waals surface area contributed by atoms with Gasteiger partial charge in [0.25, 0.3) is 0 Å². The lowest BCUT2D eigenvalue weighted by Crippen LogP contribution is -2.56.